The smallest absolute Gasteiger partial charge is 0.251 e. The molecule has 1 aliphatic carbocycles. The normalized spacial score (nSPS) is 16.4. The molecule has 0 spiro atoms. The van der Waals surface area contributed by atoms with Crippen molar-refractivity contribution < 1.29 is 9.59 Å². The second-order valence-corrected chi connectivity index (χ2v) is 11.6. The number of unbranched alkanes of at least 4 members (excludes halogenated alkanes) is 1. The van der Waals surface area contributed by atoms with Crippen molar-refractivity contribution in [3.05, 3.63) is 130 Å². The topological polar surface area (TPSA) is 70.2 Å². The van der Waals surface area contributed by atoms with E-state index >= 15 is 0 Å². The van der Waals surface area contributed by atoms with E-state index in [-0.39, 0.29) is 11.8 Å². The lowest BCUT2D eigenvalue weighted by molar-refractivity contribution is -0.123. The molecule has 4 aromatic carbocycles. The Bertz CT molecular complexity index is 1470. The first-order valence-electron chi connectivity index (χ1n) is 14.7. The lowest BCUT2D eigenvalue weighted by atomic mass is 10.0. The van der Waals surface area contributed by atoms with Gasteiger partial charge in [-0.1, -0.05) is 96.0 Å². The Morgan fingerprint density at radius 1 is 0.857 bits per heavy atom. The number of amides is 2. The molecule has 1 saturated carbocycles. The third-order valence-electron chi connectivity index (χ3n) is 7.85. The van der Waals surface area contributed by atoms with Crippen molar-refractivity contribution in [2.75, 3.05) is 6.54 Å². The van der Waals surface area contributed by atoms with Crippen molar-refractivity contribution in [2.24, 2.45) is 0 Å². The van der Waals surface area contributed by atoms with Gasteiger partial charge in [-0.2, -0.15) is 0 Å². The van der Waals surface area contributed by atoms with Crippen LogP contribution < -0.4 is 16.0 Å². The van der Waals surface area contributed by atoms with E-state index in [4.69, 9.17) is 11.6 Å². The zero-order valence-electron chi connectivity index (χ0n) is 24.0. The fraction of sp³-hybridized carbons (Fsp3) is 0.278. The zero-order valence-corrected chi connectivity index (χ0v) is 24.7. The Morgan fingerprint density at radius 2 is 1.60 bits per heavy atom. The maximum Gasteiger partial charge on any atom is 0.251 e. The van der Waals surface area contributed by atoms with Gasteiger partial charge < -0.3 is 16.0 Å². The molecule has 42 heavy (non-hydrogen) atoms. The van der Waals surface area contributed by atoms with Crippen molar-refractivity contribution in [3.8, 4) is 11.1 Å². The summed E-state index contributed by atoms with van der Waals surface area (Å²) in [6.45, 7) is 3.35. The van der Waals surface area contributed by atoms with Crippen LogP contribution in [0.1, 0.15) is 58.6 Å². The summed E-state index contributed by atoms with van der Waals surface area (Å²) in [5, 5.41) is 10.3. The van der Waals surface area contributed by atoms with Gasteiger partial charge in [0, 0.05) is 29.1 Å². The molecule has 0 bridgehead atoms. The standard InChI is InChI=1S/C36H38ClN3O2/c1-25-13-15-29(16-14-25)32-23-34(32)38-21-6-5-12-33(36(42)39-24-26-8-7-11-31(37)22-26)40-35(41)30-19-17-28(18-20-30)27-9-3-2-4-10-27/h2-4,7-11,13-20,22,32-34,38H,5-6,12,21,23-24H2,1H3,(H,39,42)(H,40,41)/t32?,33-,34?/m0/s1. The maximum absolute atomic E-state index is 13.2. The minimum absolute atomic E-state index is 0.196. The molecular formula is C36H38ClN3O2. The molecule has 216 valence electrons. The van der Waals surface area contributed by atoms with Crippen molar-refractivity contribution in [1.82, 2.24) is 16.0 Å². The summed E-state index contributed by atoms with van der Waals surface area (Å²) in [7, 11) is 0. The van der Waals surface area contributed by atoms with E-state index in [1.165, 1.54) is 11.1 Å². The molecule has 0 saturated heterocycles. The van der Waals surface area contributed by atoms with Crippen molar-refractivity contribution in [3.63, 3.8) is 0 Å². The van der Waals surface area contributed by atoms with Crippen LogP contribution in [0.2, 0.25) is 5.02 Å². The second-order valence-electron chi connectivity index (χ2n) is 11.1. The molecule has 5 rings (SSSR count). The summed E-state index contributed by atoms with van der Waals surface area (Å²) in [4.78, 5) is 26.4. The minimum Gasteiger partial charge on any atom is -0.350 e. The highest BCUT2D eigenvalue weighted by Crippen LogP contribution is 2.40. The quantitative estimate of drug-likeness (QED) is 0.149. The molecule has 0 radical (unpaired) electrons. The van der Waals surface area contributed by atoms with Crippen LogP contribution >= 0.6 is 11.6 Å². The van der Waals surface area contributed by atoms with Crippen molar-refractivity contribution >= 4 is 23.4 Å². The lowest BCUT2D eigenvalue weighted by Gasteiger charge is -2.19. The number of halogens is 1. The summed E-state index contributed by atoms with van der Waals surface area (Å²) >= 11 is 6.11. The summed E-state index contributed by atoms with van der Waals surface area (Å²) in [5.41, 5.74) is 6.25. The molecule has 1 aliphatic rings. The van der Waals surface area contributed by atoms with E-state index in [2.05, 4.69) is 47.1 Å². The number of benzene rings is 4. The van der Waals surface area contributed by atoms with Gasteiger partial charge >= 0.3 is 0 Å². The monoisotopic (exact) mass is 579 g/mol. The number of carbonyl (C=O) groups excluding carboxylic acids is 2. The van der Waals surface area contributed by atoms with Crippen LogP contribution in [0.5, 0.6) is 0 Å². The number of carbonyl (C=O) groups is 2. The Kier molecular flexibility index (Phi) is 10.1. The molecule has 0 aliphatic heterocycles. The Morgan fingerprint density at radius 3 is 2.33 bits per heavy atom. The first-order chi connectivity index (χ1) is 20.5. The van der Waals surface area contributed by atoms with E-state index < -0.39 is 6.04 Å². The first kappa shape index (κ1) is 29.6. The number of aryl methyl sites for hydroxylation is 1. The summed E-state index contributed by atoms with van der Waals surface area (Å²) in [6.07, 6.45) is 3.47. The number of hydrogen-bond donors (Lipinski definition) is 3. The average Bonchev–Trinajstić information content (AvgIpc) is 3.79. The van der Waals surface area contributed by atoms with Crippen LogP contribution in [-0.2, 0) is 11.3 Å². The predicted molar refractivity (Wildman–Crippen MR) is 171 cm³/mol. The van der Waals surface area contributed by atoms with Gasteiger partial charge in [0.05, 0.1) is 0 Å². The first-order valence-corrected chi connectivity index (χ1v) is 15.1. The maximum atomic E-state index is 13.2. The van der Waals surface area contributed by atoms with E-state index in [0.717, 1.165) is 42.5 Å². The van der Waals surface area contributed by atoms with E-state index in [9.17, 15) is 9.59 Å². The highest BCUT2D eigenvalue weighted by atomic mass is 35.5. The van der Waals surface area contributed by atoms with Crippen molar-refractivity contribution in [2.45, 2.75) is 57.2 Å². The minimum atomic E-state index is -0.633. The largest absolute Gasteiger partial charge is 0.350 e. The van der Waals surface area contributed by atoms with Gasteiger partial charge in [-0.3, -0.25) is 9.59 Å². The third kappa shape index (κ3) is 8.31. The van der Waals surface area contributed by atoms with Crippen LogP contribution in [0, 0.1) is 6.92 Å². The van der Waals surface area contributed by atoms with Crippen LogP contribution in [0.15, 0.2) is 103 Å². The zero-order chi connectivity index (χ0) is 29.3. The second kappa shape index (κ2) is 14.3. The molecule has 3 N–H and O–H groups in total. The van der Waals surface area contributed by atoms with Gasteiger partial charge in [0.25, 0.3) is 5.91 Å². The van der Waals surface area contributed by atoms with Gasteiger partial charge in [0.1, 0.15) is 6.04 Å². The molecule has 4 aromatic rings. The van der Waals surface area contributed by atoms with E-state index in [1.54, 1.807) is 6.07 Å². The van der Waals surface area contributed by atoms with Gasteiger partial charge in [0.2, 0.25) is 5.91 Å². The number of nitrogens with one attached hydrogen (secondary N) is 3. The Balaban J connectivity index is 1.14. The van der Waals surface area contributed by atoms with E-state index in [0.29, 0.717) is 35.5 Å². The fourth-order valence-corrected chi connectivity index (χ4v) is 5.49. The molecule has 0 heterocycles. The SMILES string of the molecule is Cc1ccc(C2CC2NCCCC[C@H](NC(=O)c2ccc(-c3ccccc3)cc2)C(=O)NCc2cccc(Cl)c2)cc1. The molecule has 2 amide bonds. The Labute approximate surface area is 253 Å². The predicted octanol–water partition coefficient (Wildman–Crippen LogP) is 7.05. The fourth-order valence-electron chi connectivity index (χ4n) is 5.28. The highest BCUT2D eigenvalue weighted by Gasteiger charge is 2.37. The molecule has 5 nitrogen and oxygen atoms in total. The summed E-state index contributed by atoms with van der Waals surface area (Å²) < 4.78 is 0. The molecule has 6 heteroatoms. The van der Waals surface area contributed by atoms with Gasteiger partial charge in [-0.25, -0.2) is 0 Å². The summed E-state index contributed by atoms with van der Waals surface area (Å²) in [5.74, 6) is 0.136. The van der Waals surface area contributed by atoms with Crippen LogP contribution in [-0.4, -0.2) is 30.4 Å². The van der Waals surface area contributed by atoms with Gasteiger partial charge in [-0.05, 0) is 85.7 Å². The summed E-state index contributed by atoms with van der Waals surface area (Å²) in [6, 6.07) is 33.6. The van der Waals surface area contributed by atoms with Gasteiger partial charge in [0.15, 0.2) is 0 Å². The third-order valence-corrected chi connectivity index (χ3v) is 8.09. The molecule has 1 fully saturated rings. The number of rotatable bonds is 13. The average molecular weight is 580 g/mol. The molecule has 3 atom stereocenters. The number of hydrogen-bond acceptors (Lipinski definition) is 3. The van der Waals surface area contributed by atoms with Crippen LogP contribution in [0.4, 0.5) is 0 Å². The highest BCUT2D eigenvalue weighted by molar-refractivity contribution is 6.30. The van der Waals surface area contributed by atoms with Crippen molar-refractivity contribution in [1.29, 1.82) is 0 Å². The molecule has 2 unspecified atom stereocenters. The van der Waals surface area contributed by atoms with Crippen LogP contribution in [0.25, 0.3) is 11.1 Å². The van der Waals surface area contributed by atoms with E-state index in [1.807, 2.05) is 72.8 Å². The van der Waals surface area contributed by atoms with Gasteiger partial charge in [-0.15, -0.1) is 0 Å². The molecular weight excluding hydrogens is 542 g/mol. The molecule has 0 aromatic heterocycles. The Hall–Kier alpha value is -3.93. The van der Waals surface area contributed by atoms with Crippen LogP contribution in [0.3, 0.4) is 0 Å². The lowest BCUT2D eigenvalue weighted by Crippen LogP contribution is -2.46.